The molecule has 0 unspecified atom stereocenters. The molecule has 2 aromatic carbocycles. The number of hydrogen-bond acceptors (Lipinski definition) is 5. The van der Waals surface area contributed by atoms with Crippen molar-refractivity contribution >= 4 is 23.4 Å². The Morgan fingerprint density at radius 1 is 1.24 bits per heavy atom. The van der Waals surface area contributed by atoms with E-state index in [9.17, 15) is 25.3 Å². The summed E-state index contributed by atoms with van der Waals surface area (Å²) in [5.74, 6) is -1.11. The van der Waals surface area contributed by atoms with Crippen LogP contribution in [-0.2, 0) is 4.79 Å². The topological polar surface area (TPSA) is 116 Å². The Kier molecular flexibility index (Phi) is 5.15. The minimum atomic E-state index is -0.742. The molecule has 0 fully saturated rings. The maximum absolute atomic E-state index is 12.3. The van der Waals surface area contributed by atoms with Crippen molar-refractivity contribution in [1.82, 2.24) is 0 Å². The third kappa shape index (κ3) is 4.42. The van der Waals surface area contributed by atoms with Crippen LogP contribution in [0.5, 0.6) is 5.75 Å². The van der Waals surface area contributed by atoms with Crippen LogP contribution < -0.4 is 5.32 Å². The second-order valence-corrected chi connectivity index (χ2v) is 5.51. The van der Waals surface area contributed by atoms with Crippen molar-refractivity contribution in [1.29, 1.82) is 5.26 Å². The molecule has 0 radical (unpaired) electrons. The number of hydrogen-bond donors (Lipinski definition) is 2. The van der Waals surface area contributed by atoms with Crippen molar-refractivity contribution in [2.24, 2.45) is 0 Å². The number of aryl methyl sites for hydroxylation is 2. The van der Waals surface area contributed by atoms with Gasteiger partial charge in [0.15, 0.2) is 5.75 Å². The molecule has 7 heteroatoms. The van der Waals surface area contributed by atoms with E-state index < -0.39 is 22.3 Å². The van der Waals surface area contributed by atoms with Crippen molar-refractivity contribution < 1.29 is 14.8 Å². The number of nitrogens with one attached hydrogen (secondary N) is 1. The van der Waals surface area contributed by atoms with E-state index in [1.165, 1.54) is 12.1 Å². The van der Waals surface area contributed by atoms with E-state index in [0.717, 1.165) is 23.3 Å². The van der Waals surface area contributed by atoms with E-state index in [1.54, 1.807) is 18.2 Å². The molecule has 0 heterocycles. The molecule has 126 valence electrons. The third-order valence-electron chi connectivity index (χ3n) is 3.35. The highest BCUT2D eigenvalue weighted by atomic mass is 16.6. The van der Waals surface area contributed by atoms with Crippen LogP contribution in [0, 0.1) is 35.3 Å². The number of phenols is 1. The molecule has 1 amide bonds. The van der Waals surface area contributed by atoms with Crippen LogP contribution in [-0.4, -0.2) is 15.9 Å². The zero-order valence-corrected chi connectivity index (χ0v) is 13.6. The van der Waals surface area contributed by atoms with Crippen molar-refractivity contribution in [2.45, 2.75) is 13.8 Å². The molecule has 0 aliphatic heterocycles. The van der Waals surface area contributed by atoms with Crippen LogP contribution in [0.3, 0.4) is 0 Å². The molecule has 0 aliphatic carbocycles. The van der Waals surface area contributed by atoms with Gasteiger partial charge in [-0.3, -0.25) is 14.9 Å². The van der Waals surface area contributed by atoms with E-state index in [2.05, 4.69) is 5.32 Å². The third-order valence-corrected chi connectivity index (χ3v) is 3.35. The summed E-state index contributed by atoms with van der Waals surface area (Å²) in [4.78, 5) is 22.4. The van der Waals surface area contributed by atoms with Gasteiger partial charge in [-0.1, -0.05) is 12.1 Å². The van der Waals surface area contributed by atoms with Crippen molar-refractivity contribution in [3.05, 3.63) is 68.8 Å². The maximum Gasteiger partial charge on any atom is 0.311 e. The molecular formula is C18H15N3O4. The number of nitro groups is 1. The molecule has 7 nitrogen and oxygen atoms in total. The molecule has 0 bridgehead atoms. The minimum Gasteiger partial charge on any atom is -0.502 e. The zero-order valence-electron chi connectivity index (χ0n) is 13.6. The predicted octanol–water partition coefficient (Wildman–Crippen LogP) is 3.46. The molecule has 0 atom stereocenters. The number of benzene rings is 2. The number of carbonyl (C=O) groups is 1. The lowest BCUT2D eigenvalue weighted by Gasteiger charge is -2.07. The molecule has 0 aromatic heterocycles. The first-order valence-electron chi connectivity index (χ1n) is 7.29. The van der Waals surface area contributed by atoms with Crippen molar-refractivity contribution in [3.63, 3.8) is 0 Å². The minimum absolute atomic E-state index is 0.209. The average molecular weight is 337 g/mol. The van der Waals surface area contributed by atoms with Gasteiger partial charge in [-0.2, -0.15) is 5.26 Å². The molecule has 2 aromatic rings. The van der Waals surface area contributed by atoms with E-state index in [4.69, 9.17) is 0 Å². The average Bonchev–Trinajstić information content (AvgIpc) is 2.52. The van der Waals surface area contributed by atoms with Gasteiger partial charge >= 0.3 is 5.69 Å². The number of amides is 1. The number of anilines is 1. The van der Waals surface area contributed by atoms with Gasteiger partial charge in [0.25, 0.3) is 5.91 Å². The highest BCUT2D eigenvalue weighted by molar-refractivity contribution is 6.09. The lowest BCUT2D eigenvalue weighted by atomic mass is 10.1. The number of aromatic hydroxyl groups is 1. The number of nitro benzene ring substituents is 1. The largest absolute Gasteiger partial charge is 0.502 e. The Labute approximate surface area is 144 Å². The fourth-order valence-electron chi connectivity index (χ4n) is 2.34. The van der Waals surface area contributed by atoms with Crippen LogP contribution in [0.1, 0.15) is 16.7 Å². The van der Waals surface area contributed by atoms with Gasteiger partial charge in [0.1, 0.15) is 11.6 Å². The van der Waals surface area contributed by atoms with Gasteiger partial charge in [-0.15, -0.1) is 0 Å². The van der Waals surface area contributed by atoms with Crippen LogP contribution in [0.4, 0.5) is 11.4 Å². The summed E-state index contributed by atoms with van der Waals surface area (Å²) >= 11 is 0. The lowest BCUT2D eigenvalue weighted by Crippen LogP contribution is -2.13. The number of rotatable bonds is 4. The van der Waals surface area contributed by atoms with Gasteiger partial charge in [0.2, 0.25) is 0 Å². The van der Waals surface area contributed by atoms with Gasteiger partial charge < -0.3 is 10.4 Å². The molecule has 2 rings (SSSR count). The zero-order chi connectivity index (χ0) is 18.6. The standard InChI is InChI=1S/C18H15N3O4/c1-11-5-12(2)7-15(6-11)20-18(23)14(10-19)8-13-3-4-17(22)16(9-13)21(24)25/h3-9,22H,1-2H3,(H,20,23)/b14-8-. The highest BCUT2D eigenvalue weighted by Crippen LogP contribution is 2.27. The summed E-state index contributed by atoms with van der Waals surface area (Å²) in [5, 5.41) is 32.1. The number of carbonyl (C=O) groups excluding carboxylic acids is 1. The van der Waals surface area contributed by atoms with Crippen molar-refractivity contribution in [2.75, 3.05) is 5.32 Å². The van der Waals surface area contributed by atoms with Gasteiger partial charge in [-0.05, 0) is 54.8 Å². The van der Waals surface area contributed by atoms with E-state index in [-0.39, 0.29) is 11.1 Å². The number of phenolic OH excluding ortho intramolecular Hbond substituents is 1. The quantitative estimate of drug-likeness (QED) is 0.383. The Hall–Kier alpha value is -3.66. The Morgan fingerprint density at radius 3 is 2.44 bits per heavy atom. The van der Waals surface area contributed by atoms with Gasteiger partial charge in [0.05, 0.1) is 4.92 Å². The highest BCUT2D eigenvalue weighted by Gasteiger charge is 2.15. The molecule has 0 saturated carbocycles. The number of nitriles is 1. The summed E-state index contributed by atoms with van der Waals surface area (Å²) in [6, 6.07) is 10.9. The van der Waals surface area contributed by atoms with E-state index in [0.29, 0.717) is 5.69 Å². The fraction of sp³-hybridized carbons (Fsp3) is 0.111. The summed E-state index contributed by atoms with van der Waals surface area (Å²) < 4.78 is 0. The Balaban J connectivity index is 2.31. The number of nitrogens with zero attached hydrogens (tertiary/aromatic N) is 2. The summed E-state index contributed by atoms with van der Waals surface area (Å²) in [7, 11) is 0. The van der Waals surface area contributed by atoms with E-state index >= 15 is 0 Å². The van der Waals surface area contributed by atoms with Crippen LogP contribution >= 0.6 is 0 Å². The molecular weight excluding hydrogens is 322 g/mol. The van der Waals surface area contributed by atoms with Crippen LogP contribution in [0.15, 0.2) is 42.0 Å². The monoisotopic (exact) mass is 337 g/mol. The van der Waals surface area contributed by atoms with Crippen LogP contribution in [0.2, 0.25) is 0 Å². The molecule has 0 spiro atoms. The summed E-state index contributed by atoms with van der Waals surface area (Å²) in [5.41, 5.74) is 2.04. The lowest BCUT2D eigenvalue weighted by molar-refractivity contribution is -0.385. The summed E-state index contributed by atoms with van der Waals surface area (Å²) in [6.07, 6.45) is 1.23. The predicted molar refractivity (Wildman–Crippen MR) is 92.9 cm³/mol. The first kappa shape index (κ1) is 17.7. The molecule has 0 saturated heterocycles. The first-order valence-corrected chi connectivity index (χ1v) is 7.29. The molecule has 0 aliphatic rings. The Bertz CT molecular complexity index is 906. The molecule has 25 heavy (non-hydrogen) atoms. The SMILES string of the molecule is Cc1cc(C)cc(NC(=O)/C(C#N)=C\c2ccc(O)c([N+](=O)[O-])c2)c1. The smallest absolute Gasteiger partial charge is 0.311 e. The second-order valence-electron chi connectivity index (χ2n) is 5.51. The molecule has 2 N–H and O–H groups in total. The van der Waals surface area contributed by atoms with Gasteiger partial charge in [-0.25, -0.2) is 0 Å². The second kappa shape index (κ2) is 7.27. The fourth-order valence-corrected chi connectivity index (χ4v) is 2.34. The normalized spacial score (nSPS) is 10.8. The summed E-state index contributed by atoms with van der Waals surface area (Å²) in [6.45, 7) is 3.78. The van der Waals surface area contributed by atoms with E-state index in [1.807, 2.05) is 19.9 Å². The first-order chi connectivity index (χ1) is 11.8. The van der Waals surface area contributed by atoms with Crippen LogP contribution in [0.25, 0.3) is 6.08 Å². The van der Waals surface area contributed by atoms with Gasteiger partial charge in [0, 0.05) is 11.8 Å². The maximum atomic E-state index is 12.3. The van der Waals surface area contributed by atoms with Crippen molar-refractivity contribution in [3.8, 4) is 11.8 Å². The Morgan fingerprint density at radius 2 is 1.88 bits per heavy atom.